The zero-order chi connectivity index (χ0) is 11.4. The lowest BCUT2D eigenvalue weighted by Crippen LogP contribution is -2.78. The predicted octanol–water partition coefficient (Wildman–Crippen LogP) is 3.04. The maximum absolute atomic E-state index is 6.33. The number of hydrogen-bond donors (Lipinski definition) is 0. The van der Waals surface area contributed by atoms with Crippen molar-refractivity contribution in [3.05, 3.63) is 0 Å². The molecule has 0 saturated carbocycles. The van der Waals surface area contributed by atoms with Gasteiger partial charge in [-0.25, -0.2) is 0 Å². The lowest BCUT2D eigenvalue weighted by molar-refractivity contribution is 0.130. The Bertz CT molecular complexity index is 224. The molecule has 0 aromatic rings. The molecule has 0 atom stereocenters. The van der Waals surface area contributed by atoms with E-state index in [4.69, 9.17) is 8.54 Å². The molecule has 0 aliphatic carbocycles. The quantitative estimate of drug-likeness (QED) is 0.614. The first-order valence-electron chi connectivity index (χ1n) is 5.32. The van der Waals surface area contributed by atoms with Crippen LogP contribution in [-0.2, 0) is 8.54 Å². The second-order valence-electron chi connectivity index (χ2n) is 6.25. The first-order valence-corrected chi connectivity index (χ1v) is 15.0. The topological polar surface area (TPSA) is 18.5 Å². The van der Waals surface area contributed by atoms with Crippen LogP contribution in [0.3, 0.4) is 0 Å². The van der Waals surface area contributed by atoms with E-state index in [0.717, 1.165) is 0 Å². The number of rotatable bonds is 0. The first kappa shape index (κ1) is 12.6. The molecule has 0 radical (unpaired) electrons. The number of hydrogen-bond acceptors (Lipinski definition) is 2. The summed E-state index contributed by atoms with van der Waals surface area (Å²) in [6.45, 7) is 18.5. The van der Waals surface area contributed by atoms with Gasteiger partial charge in [0.2, 0.25) is 0 Å². The third-order valence-electron chi connectivity index (χ3n) is 4.01. The molecule has 5 heteroatoms. The van der Waals surface area contributed by atoms with Crippen LogP contribution in [0.2, 0.25) is 39.3 Å². The van der Waals surface area contributed by atoms with Crippen LogP contribution in [0.5, 0.6) is 0 Å². The van der Waals surface area contributed by atoms with Crippen molar-refractivity contribution in [3.63, 3.8) is 0 Å². The lowest BCUT2D eigenvalue weighted by Gasteiger charge is -2.57. The summed E-state index contributed by atoms with van der Waals surface area (Å²) in [5, 5.41) is 0.0801. The average Bonchev–Trinajstić information content (AvgIpc) is 1.77. The summed E-state index contributed by atoms with van der Waals surface area (Å²) in [5.41, 5.74) is 0. The summed E-state index contributed by atoms with van der Waals surface area (Å²) < 4.78 is 12.6. The summed E-state index contributed by atoms with van der Waals surface area (Å²) >= 11 is 0. The average molecular weight is 249 g/mol. The molecule has 1 heterocycles. The molecule has 14 heavy (non-hydrogen) atoms. The third kappa shape index (κ3) is 1.80. The fourth-order valence-corrected chi connectivity index (χ4v) is 22.1. The van der Waals surface area contributed by atoms with Gasteiger partial charge in [-0.15, -0.1) is 0 Å². The molecule has 1 aliphatic rings. The van der Waals surface area contributed by atoms with Gasteiger partial charge in [0.15, 0.2) is 7.83 Å². The SMILES string of the molecule is CC1(C)O[Si](C)(C)O[Si](C)(C)[Si]1(C)C. The summed E-state index contributed by atoms with van der Waals surface area (Å²) in [7, 11) is -4.77. The van der Waals surface area contributed by atoms with Crippen molar-refractivity contribution < 1.29 is 8.54 Å². The molecule has 84 valence electrons. The van der Waals surface area contributed by atoms with Crippen molar-refractivity contribution in [3.8, 4) is 0 Å². The van der Waals surface area contributed by atoms with E-state index < -0.39 is 24.0 Å². The highest BCUT2D eigenvalue weighted by Gasteiger charge is 2.61. The summed E-state index contributed by atoms with van der Waals surface area (Å²) in [6.07, 6.45) is 0. The van der Waals surface area contributed by atoms with Crippen LogP contribution in [0, 0.1) is 0 Å². The fourth-order valence-electron chi connectivity index (χ4n) is 2.23. The zero-order valence-corrected chi connectivity index (χ0v) is 13.8. The molecule has 0 aromatic heterocycles. The van der Waals surface area contributed by atoms with Crippen molar-refractivity contribution in [1.82, 2.24) is 0 Å². The Morgan fingerprint density at radius 3 is 1.64 bits per heavy atom. The van der Waals surface area contributed by atoms with E-state index in [-0.39, 0.29) is 5.22 Å². The Hall–Kier alpha value is 0.571. The van der Waals surface area contributed by atoms with Gasteiger partial charge < -0.3 is 8.54 Å². The van der Waals surface area contributed by atoms with Gasteiger partial charge in [0.1, 0.15) is 7.59 Å². The zero-order valence-electron chi connectivity index (χ0n) is 10.8. The van der Waals surface area contributed by atoms with Gasteiger partial charge in [-0.3, -0.25) is 0 Å². The molecule has 1 rings (SSSR count). The molecule has 2 nitrogen and oxygen atoms in total. The van der Waals surface area contributed by atoms with E-state index in [1.807, 2.05) is 0 Å². The highest BCUT2D eigenvalue weighted by Crippen LogP contribution is 2.41. The molecule has 1 fully saturated rings. The minimum absolute atomic E-state index is 0.0801. The molecule has 0 spiro atoms. The molecule has 0 amide bonds. The Labute approximate surface area is 91.2 Å². The Kier molecular flexibility index (Phi) is 2.74. The third-order valence-corrected chi connectivity index (χ3v) is 27.1. The minimum Gasteiger partial charge on any atom is -0.438 e. The van der Waals surface area contributed by atoms with Gasteiger partial charge >= 0.3 is 8.56 Å². The summed E-state index contributed by atoms with van der Waals surface area (Å²) in [4.78, 5) is 0. The van der Waals surface area contributed by atoms with Crippen molar-refractivity contribution >= 4 is 24.0 Å². The van der Waals surface area contributed by atoms with Crippen LogP contribution in [0.1, 0.15) is 13.8 Å². The minimum atomic E-state index is -1.85. The molecule has 0 bridgehead atoms. The van der Waals surface area contributed by atoms with Crippen LogP contribution < -0.4 is 0 Å². The van der Waals surface area contributed by atoms with E-state index in [2.05, 4.69) is 53.1 Å². The first-order chi connectivity index (χ1) is 5.91. The highest BCUT2D eigenvalue weighted by molar-refractivity contribution is 7.40. The normalized spacial score (nSPS) is 32.6. The van der Waals surface area contributed by atoms with E-state index in [0.29, 0.717) is 0 Å². The van der Waals surface area contributed by atoms with E-state index in [9.17, 15) is 0 Å². The Morgan fingerprint density at radius 2 is 1.29 bits per heavy atom. The van der Waals surface area contributed by atoms with Gasteiger partial charge in [-0.2, -0.15) is 0 Å². The van der Waals surface area contributed by atoms with Crippen LogP contribution in [0.25, 0.3) is 0 Å². The van der Waals surface area contributed by atoms with Crippen LogP contribution >= 0.6 is 0 Å². The molecular formula is C9H24O2Si3. The van der Waals surface area contributed by atoms with Gasteiger partial charge in [-0.05, 0) is 40.0 Å². The molecule has 0 N–H and O–H groups in total. The largest absolute Gasteiger partial charge is 0.438 e. The van der Waals surface area contributed by atoms with Crippen molar-refractivity contribution in [1.29, 1.82) is 0 Å². The van der Waals surface area contributed by atoms with Gasteiger partial charge in [0.25, 0.3) is 0 Å². The van der Waals surface area contributed by atoms with E-state index in [1.54, 1.807) is 0 Å². The smallest absolute Gasteiger partial charge is 0.321 e. The molecule has 0 unspecified atom stereocenters. The molecule has 1 saturated heterocycles. The maximum Gasteiger partial charge on any atom is 0.321 e. The van der Waals surface area contributed by atoms with Crippen molar-refractivity contribution in [2.75, 3.05) is 0 Å². The van der Waals surface area contributed by atoms with E-state index in [1.165, 1.54) is 0 Å². The Morgan fingerprint density at radius 1 is 0.857 bits per heavy atom. The second kappa shape index (κ2) is 3.04. The Balaban J connectivity index is 3.13. The second-order valence-corrected chi connectivity index (χ2v) is 24.9. The van der Waals surface area contributed by atoms with Gasteiger partial charge in [0.05, 0.1) is 0 Å². The summed E-state index contributed by atoms with van der Waals surface area (Å²) in [6, 6.07) is 0. The van der Waals surface area contributed by atoms with Gasteiger partial charge in [-0.1, -0.05) is 13.1 Å². The van der Waals surface area contributed by atoms with Crippen molar-refractivity contribution in [2.24, 2.45) is 0 Å². The molecule has 0 aromatic carbocycles. The van der Waals surface area contributed by atoms with Crippen LogP contribution in [-0.4, -0.2) is 29.2 Å². The lowest BCUT2D eigenvalue weighted by atomic mass is 10.5. The van der Waals surface area contributed by atoms with Crippen LogP contribution in [0.15, 0.2) is 0 Å². The monoisotopic (exact) mass is 248 g/mol. The van der Waals surface area contributed by atoms with Crippen molar-refractivity contribution in [2.45, 2.75) is 58.4 Å². The molecule has 1 aliphatic heterocycles. The van der Waals surface area contributed by atoms with E-state index >= 15 is 0 Å². The summed E-state index contributed by atoms with van der Waals surface area (Å²) in [5.74, 6) is 0. The standard InChI is InChI=1S/C9H24O2Si3/c1-9(2)10-13(5,6)11-14(7,8)12(9,3)4/h1-8H3. The fraction of sp³-hybridized carbons (Fsp3) is 1.00. The molecular weight excluding hydrogens is 224 g/mol. The highest BCUT2D eigenvalue weighted by atomic mass is 29.3. The van der Waals surface area contributed by atoms with Crippen LogP contribution in [0.4, 0.5) is 0 Å². The maximum atomic E-state index is 6.33. The van der Waals surface area contributed by atoms with Gasteiger partial charge in [0, 0.05) is 5.22 Å². The predicted molar refractivity (Wildman–Crippen MR) is 68.7 cm³/mol.